The number of carbonyl (C=O) groups excluding carboxylic acids is 1. The number of rotatable bonds is 3. The molecule has 0 atom stereocenters. The second kappa shape index (κ2) is 5.01. The first kappa shape index (κ1) is 11.3. The van der Waals surface area contributed by atoms with Gasteiger partial charge in [0.1, 0.15) is 0 Å². The van der Waals surface area contributed by atoms with Crippen molar-refractivity contribution in [1.82, 2.24) is 5.32 Å². The summed E-state index contributed by atoms with van der Waals surface area (Å²) in [6.45, 7) is 9.34. The Labute approximate surface area is 74.5 Å². The third kappa shape index (κ3) is 7.38. The van der Waals surface area contributed by atoms with Crippen molar-refractivity contribution in [3.05, 3.63) is 0 Å². The van der Waals surface area contributed by atoms with Crippen LogP contribution >= 0.6 is 0 Å². The molecule has 3 heteroatoms. The zero-order valence-electron chi connectivity index (χ0n) is 8.44. The number of amides is 1. The average Bonchev–Trinajstić information content (AvgIpc) is 1.84. The number of alkyl carbamates (subject to hydrolysis) is 1. The van der Waals surface area contributed by atoms with Crippen molar-refractivity contribution in [1.29, 1.82) is 0 Å². The third-order valence-electron chi connectivity index (χ3n) is 1.41. The highest BCUT2D eigenvalue weighted by atomic mass is 16.5. The normalized spacial score (nSPS) is 11.0. The van der Waals surface area contributed by atoms with Crippen molar-refractivity contribution in [2.75, 3.05) is 13.2 Å². The summed E-state index contributed by atoms with van der Waals surface area (Å²) in [6, 6.07) is 0. The Morgan fingerprint density at radius 3 is 2.42 bits per heavy atom. The van der Waals surface area contributed by atoms with Gasteiger partial charge < -0.3 is 10.1 Å². The average molecular weight is 173 g/mol. The monoisotopic (exact) mass is 173 g/mol. The van der Waals surface area contributed by atoms with Crippen LogP contribution in [-0.2, 0) is 4.74 Å². The van der Waals surface area contributed by atoms with Crippen molar-refractivity contribution in [2.24, 2.45) is 5.41 Å². The summed E-state index contributed by atoms with van der Waals surface area (Å²) in [4.78, 5) is 10.8. The number of carbonyl (C=O) groups is 1. The van der Waals surface area contributed by atoms with Crippen molar-refractivity contribution >= 4 is 6.09 Å². The Morgan fingerprint density at radius 2 is 2.00 bits per heavy atom. The third-order valence-corrected chi connectivity index (χ3v) is 1.41. The molecule has 0 aliphatic carbocycles. The molecule has 0 saturated heterocycles. The van der Waals surface area contributed by atoms with Gasteiger partial charge in [0.05, 0.1) is 6.61 Å². The van der Waals surface area contributed by atoms with E-state index in [1.54, 1.807) is 0 Å². The Balaban J connectivity index is 3.37. The Morgan fingerprint density at radius 1 is 1.42 bits per heavy atom. The van der Waals surface area contributed by atoms with Gasteiger partial charge >= 0.3 is 6.09 Å². The highest BCUT2D eigenvalue weighted by molar-refractivity contribution is 5.66. The van der Waals surface area contributed by atoms with Crippen LogP contribution in [0.5, 0.6) is 0 Å². The standard InChI is InChI=1S/C9H19NO2/c1-5-10-8(11)12-7-6-9(2,3)4/h5-7H2,1-4H3,(H,10,11). The molecule has 0 unspecified atom stereocenters. The van der Waals surface area contributed by atoms with Crippen LogP contribution in [0.4, 0.5) is 4.79 Å². The van der Waals surface area contributed by atoms with E-state index in [4.69, 9.17) is 4.74 Å². The van der Waals surface area contributed by atoms with E-state index in [1.165, 1.54) is 0 Å². The predicted octanol–water partition coefficient (Wildman–Crippen LogP) is 2.17. The molecule has 0 heterocycles. The van der Waals surface area contributed by atoms with Crippen molar-refractivity contribution in [3.63, 3.8) is 0 Å². The molecule has 0 aliphatic rings. The van der Waals surface area contributed by atoms with Gasteiger partial charge in [-0.3, -0.25) is 0 Å². The SMILES string of the molecule is CCNC(=O)OCCC(C)(C)C. The fraction of sp³-hybridized carbons (Fsp3) is 0.889. The molecular weight excluding hydrogens is 154 g/mol. The van der Waals surface area contributed by atoms with Gasteiger partial charge in [0, 0.05) is 6.54 Å². The quantitative estimate of drug-likeness (QED) is 0.710. The molecule has 0 aromatic carbocycles. The maximum Gasteiger partial charge on any atom is 0.407 e. The fourth-order valence-electron chi connectivity index (χ4n) is 0.645. The van der Waals surface area contributed by atoms with Gasteiger partial charge in [-0.15, -0.1) is 0 Å². The van der Waals surface area contributed by atoms with Crippen LogP contribution in [0.25, 0.3) is 0 Å². The second-order valence-electron chi connectivity index (χ2n) is 3.98. The molecule has 0 spiro atoms. The summed E-state index contributed by atoms with van der Waals surface area (Å²) in [5.74, 6) is 0. The lowest BCUT2D eigenvalue weighted by molar-refractivity contribution is 0.132. The highest BCUT2D eigenvalue weighted by Gasteiger charge is 2.10. The van der Waals surface area contributed by atoms with Crippen LogP contribution in [0.2, 0.25) is 0 Å². The Hall–Kier alpha value is -0.730. The van der Waals surface area contributed by atoms with Gasteiger partial charge in [-0.1, -0.05) is 20.8 Å². The van der Waals surface area contributed by atoms with Crippen LogP contribution < -0.4 is 5.32 Å². The summed E-state index contributed by atoms with van der Waals surface area (Å²) >= 11 is 0. The number of hydrogen-bond donors (Lipinski definition) is 1. The van der Waals surface area contributed by atoms with Gasteiger partial charge in [0.15, 0.2) is 0 Å². The zero-order valence-corrected chi connectivity index (χ0v) is 8.44. The van der Waals surface area contributed by atoms with Crippen molar-refractivity contribution in [2.45, 2.75) is 34.1 Å². The molecule has 0 aromatic heterocycles. The Kier molecular flexibility index (Phi) is 4.71. The minimum atomic E-state index is -0.318. The molecule has 0 aromatic rings. The summed E-state index contributed by atoms with van der Waals surface area (Å²) in [5.41, 5.74) is 0.229. The molecule has 12 heavy (non-hydrogen) atoms. The maximum atomic E-state index is 10.8. The molecule has 0 saturated carbocycles. The first-order valence-electron chi connectivity index (χ1n) is 4.36. The molecule has 0 fully saturated rings. The van der Waals surface area contributed by atoms with E-state index >= 15 is 0 Å². The maximum absolute atomic E-state index is 10.8. The molecule has 1 amide bonds. The van der Waals surface area contributed by atoms with Crippen molar-refractivity contribution < 1.29 is 9.53 Å². The van der Waals surface area contributed by atoms with Gasteiger partial charge in [-0.2, -0.15) is 0 Å². The number of nitrogens with one attached hydrogen (secondary N) is 1. The largest absolute Gasteiger partial charge is 0.450 e. The Bertz CT molecular complexity index is 138. The minimum absolute atomic E-state index is 0.229. The van der Waals surface area contributed by atoms with E-state index in [2.05, 4.69) is 26.1 Å². The summed E-state index contributed by atoms with van der Waals surface area (Å²) < 4.78 is 4.91. The van der Waals surface area contributed by atoms with E-state index in [9.17, 15) is 4.79 Å². The van der Waals surface area contributed by atoms with Gasteiger partial charge in [0.2, 0.25) is 0 Å². The van der Waals surface area contributed by atoms with Gasteiger partial charge in [-0.25, -0.2) is 4.79 Å². The van der Waals surface area contributed by atoms with Gasteiger partial charge in [0.25, 0.3) is 0 Å². The lowest BCUT2D eigenvalue weighted by Crippen LogP contribution is -2.25. The number of hydrogen-bond acceptors (Lipinski definition) is 2. The smallest absolute Gasteiger partial charge is 0.407 e. The van der Waals surface area contributed by atoms with E-state index in [0.29, 0.717) is 13.2 Å². The summed E-state index contributed by atoms with van der Waals surface area (Å²) in [6.07, 6.45) is 0.575. The molecule has 0 rings (SSSR count). The summed E-state index contributed by atoms with van der Waals surface area (Å²) in [7, 11) is 0. The van der Waals surface area contributed by atoms with Crippen LogP contribution in [0, 0.1) is 5.41 Å². The molecule has 3 nitrogen and oxygen atoms in total. The van der Waals surface area contributed by atoms with Crippen LogP contribution in [0.15, 0.2) is 0 Å². The molecule has 0 aliphatic heterocycles. The van der Waals surface area contributed by atoms with Crippen LogP contribution in [0.3, 0.4) is 0 Å². The van der Waals surface area contributed by atoms with Crippen molar-refractivity contribution in [3.8, 4) is 0 Å². The lowest BCUT2D eigenvalue weighted by atomic mass is 9.93. The first-order valence-corrected chi connectivity index (χ1v) is 4.36. The minimum Gasteiger partial charge on any atom is -0.450 e. The predicted molar refractivity (Wildman–Crippen MR) is 49.1 cm³/mol. The fourth-order valence-corrected chi connectivity index (χ4v) is 0.645. The van der Waals surface area contributed by atoms with E-state index in [-0.39, 0.29) is 11.5 Å². The van der Waals surface area contributed by atoms with Gasteiger partial charge in [-0.05, 0) is 18.8 Å². The zero-order chi connectivity index (χ0) is 9.61. The van der Waals surface area contributed by atoms with Crippen LogP contribution in [-0.4, -0.2) is 19.2 Å². The summed E-state index contributed by atoms with van der Waals surface area (Å²) in [5, 5.41) is 2.57. The molecule has 0 radical (unpaired) electrons. The van der Waals surface area contributed by atoms with E-state index < -0.39 is 0 Å². The first-order chi connectivity index (χ1) is 5.45. The molecule has 72 valence electrons. The van der Waals surface area contributed by atoms with E-state index in [1.807, 2.05) is 6.92 Å². The highest BCUT2D eigenvalue weighted by Crippen LogP contribution is 2.17. The molecule has 0 bridgehead atoms. The molecular formula is C9H19NO2. The lowest BCUT2D eigenvalue weighted by Gasteiger charge is -2.17. The second-order valence-corrected chi connectivity index (χ2v) is 3.98. The molecule has 1 N–H and O–H groups in total. The van der Waals surface area contributed by atoms with Crippen LogP contribution in [0.1, 0.15) is 34.1 Å². The number of ether oxygens (including phenoxy) is 1. The van der Waals surface area contributed by atoms with E-state index in [0.717, 1.165) is 6.42 Å². The topological polar surface area (TPSA) is 38.3 Å².